The number of amides is 1. The molecule has 0 aliphatic carbocycles. The number of anilines is 1. The Bertz CT molecular complexity index is 541. The van der Waals surface area contributed by atoms with Gasteiger partial charge in [-0.1, -0.05) is 20.8 Å². The van der Waals surface area contributed by atoms with Crippen molar-refractivity contribution < 1.29 is 13.9 Å². The summed E-state index contributed by atoms with van der Waals surface area (Å²) in [6.07, 6.45) is 0.253. The van der Waals surface area contributed by atoms with Crippen molar-refractivity contribution >= 4 is 23.5 Å². The molecule has 1 rings (SSSR count). The van der Waals surface area contributed by atoms with Crippen molar-refractivity contribution in [1.82, 2.24) is 15.4 Å². The summed E-state index contributed by atoms with van der Waals surface area (Å²) >= 11 is 5.72. The van der Waals surface area contributed by atoms with Crippen LogP contribution in [0.25, 0.3) is 0 Å². The molecule has 6 nitrogen and oxygen atoms in total. The molecule has 0 aliphatic rings. The zero-order chi connectivity index (χ0) is 17.1. The quantitative estimate of drug-likeness (QED) is 0.677. The minimum Gasteiger partial charge on any atom is -0.443 e. The van der Waals surface area contributed by atoms with Gasteiger partial charge in [-0.3, -0.25) is 5.01 Å². The lowest BCUT2D eigenvalue weighted by Crippen LogP contribution is -2.49. The lowest BCUT2D eigenvalue weighted by atomic mass is 9.97. The highest BCUT2D eigenvalue weighted by Crippen LogP contribution is 2.22. The summed E-state index contributed by atoms with van der Waals surface area (Å²) in [6, 6.07) is 0. The molecular weight excluding hydrogens is 311 g/mol. The van der Waals surface area contributed by atoms with E-state index in [0.717, 1.165) is 6.20 Å². The van der Waals surface area contributed by atoms with E-state index in [2.05, 4.69) is 15.4 Å². The van der Waals surface area contributed by atoms with Crippen molar-refractivity contribution in [3.05, 3.63) is 17.3 Å². The minimum atomic E-state index is -0.703. The van der Waals surface area contributed by atoms with Gasteiger partial charge >= 0.3 is 6.09 Å². The molecular formula is C14H22ClFN4O2. The van der Waals surface area contributed by atoms with Crippen LogP contribution in [0.2, 0.25) is 5.28 Å². The van der Waals surface area contributed by atoms with Gasteiger partial charge in [-0.2, -0.15) is 4.98 Å². The van der Waals surface area contributed by atoms with Crippen LogP contribution in [-0.2, 0) is 4.74 Å². The van der Waals surface area contributed by atoms with E-state index in [1.165, 1.54) is 5.01 Å². The first-order chi connectivity index (χ1) is 9.87. The lowest BCUT2D eigenvalue weighted by Gasteiger charge is -2.31. The van der Waals surface area contributed by atoms with Crippen LogP contribution < -0.4 is 10.4 Å². The Labute approximate surface area is 135 Å². The van der Waals surface area contributed by atoms with Gasteiger partial charge in [0.1, 0.15) is 5.60 Å². The van der Waals surface area contributed by atoms with Gasteiger partial charge in [0.25, 0.3) is 0 Å². The second-order valence-corrected chi connectivity index (χ2v) is 7.41. The molecule has 1 aromatic rings. The van der Waals surface area contributed by atoms with Crippen molar-refractivity contribution in [3.63, 3.8) is 0 Å². The molecule has 0 radical (unpaired) electrons. The first-order valence-electron chi connectivity index (χ1n) is 6.83. The summed E-state index contributed by atoms with van der Waals surface area (Å²) in [7, 11) is 0. The van der Waals surface area contributed by atoms with Crippen LogP contribution in [0.1, 0.15) is 41.5 Å². The highest BCUT2D eigenvalue weighted by Gasteiger charge is 2.25. The summed E-state index contributed by atoms with van der Waals surface area (Å²) < 4.78 is 19.1. The van der Waals surface area contributed by atoms with Gasteiger partial charge in [-0.15, -0.1) is 0 Å². The lowest BCUT2D eigenvalue weighted by molar-refractivity contribution is 0.0516. The number of hydrogen-bond acceptors (Lipinski definition) is 5. The van der Waals surface area contributed by atoms with Gasteiger partial charge < -0.3 is 4.74 Å². The Morgan fingerprint density at radius 2 is 1.95 bits per heavy atom. The molecule has 0 unspecified atom stereocenters. The van der Waals surface area contributed by atoms with Crippen molar-refractivity contribution in [2.24, 2.45) is 5.41 Å². The fourth-order valence-electron chi connectivity index (χ4n) is 1.58. The Kier molecular flexibility index (Phi) is 5.56. The molecule has 0 fully saturated rings. The number of carbonyl (C=O) groups is 1. The van der Waals surface area contributed by atoms with E-state index in [1.54, 1.807) is 20.8 Å². The zero-order valence-corrected chi connectivity index (χ0v) is 14.5. The number of halogens is 2. The molecule has 0 saturated heterocycles. The summed E-state index contributed by atoms with van der Waals surface area (Å²) in [5, 5.41) is 1.16. The minimum absolute atomic E-state index is 0.110. The molecule has 0 spiro atoms. The van der Waals surface area contributed by atoms with Crippen LogP contribution in [0.15, 0.2) is 6.20 Å². The van der Waals surface area contributed by atoms with E-state index in [9.17, 15) is 9.18 Å². The number of aromatic nitrogens is 2. The molecule has 0 aliphatic heterocycles. The third-order valence-electron chi connectivity index (χ3n) is 2.21. The SMILES string of the molecule is CC(C)(C)CN(NC(=O)OC(C)(C)C)c1nc(Cl)ncc1F. The normalized spacial score (nSPS) is 12.0. The number of nitrogens with zero attached hydrogens (tertiary/aromatic N) is 3. The molecule has 0 saturated carbocycles. The molecule has 1 amide bonds. The van der Waals surface area contributed by atoms with Crippen LogP contribution in [0.4, 0.5) is 15.0 Å². The highest BCUT2D eigenvalue weighted by atomic mass is 35.5. The van der Waals surface area contributed by atoms with E-state index in [1.807, 2.05) is 20.8 Å². The molecule has 1 N–H and O–H groups in total. The number of hydrogen-bond donors (Lipinski definition) is 1. The molecule has 0 atom stereocenters. The number of rotatable bonds is 3. The smallest absolute Gasteiger partial charge is 0.426 e. The van der Waals surface area contributed by atoms with Gasteiger partial charge in [0, 0.05) is 6.54 Å². The average molecular weight is 333 g/mol. The third kappa shape index (κ3) is 6.43. The predicted octanol–water partition coefficient (Wildman–Crippen LogP) is 3.56. The maximum Gasteiger partial charge on any atom is 0.426 e. The van der Waals surface area contributed by atoms with Gasteiger partial charge in [0.2, 0.25) is 5.28 Å². The van der Waals surface area contributed by atoms with E-state index in [0.29, 0.717) is 6.54 Å². The zero-order valence-electron chi connectivity index (χ0n) is 13.7. The summed E-state index contributed by atoms with van der Waals surface area (Å²) in [5.74, 6) is -0.800. The Morgan fingerprint density at radius 3 is 2.45 bits per heavy atom. The number of ether oxygens (including phenoxy) is 1. The van der Waals surface area contributed by atoms with E-state index < -0.39 is 17.5 Å². The topological polar surface area (TPSA) is 67.4 Å². The van der Waals surface area contributed by atoms with Crippen LogP contribution in [0.5, 0.6) is 0 Å². The van der Waals surface area contributed by atoms with E-state index >= 15 is 0 Å². The molecule has 22 heavy (non-hydrogen) atoms. The van der Waals surface area contributed by atoms with E-state index in [-0.39, 0.29) is 16.5 Å². The maximum atomic E-state index is 14.0. The van der Waals surface area contributed by atoms with Crippen molar-refractivity contribution in [2.45, 2.75) is 47.1 Å². The molecule has 1 heterocycles. The first kappa shape index (κ1) is 18.4. The molecule has 1 aromatic heterocycles. The monoisotopic (exact) mass is 332 g/mol. The van der Waals surface area contributed by atoms with Crippen LogP contribution in [0.3, 0.4) is 0 Å². The first-order valence-corrected chi connectivity index (χ1v) is 7.20. The molecule has 0 aromatic carbocycles. The van der Waals surface area contributed by atoms with Crippen LogP contribution >= 0.6 is 11.6 Å². The Balaban J connectivity index is 3.03. The molecule has 8 heteroatoms. The fourth-order valence-corrected chi connectivity index (χ4v) is 1.71. The maximum absolute atomic E-state index is 14.0. The van der Waals surface area contributed by atoms with E-state index in [4.69, 9.17) is 16.3 Å². The van der Waals surface area contributed by atoms with Gasteiger partial charge in [-0.25, -0.2) is 19.6 Å². The summed E-state index contributed by atoms with van der Waals surface area (Å²) in [6.45, 7) is 11.3. The summed E-state index contributed by atoms with van der Waals surface area (Å²) in [4.78, 5) is 19.4. The van der Waals surface area contributed by atoms with Crippen LogP contribution in [-0.4, -0.2) is 28.2 Å². The second-order valence-electron chi connectivity index (χ2n) is 7.07. The van der Waals surface area contributed by atoms with Gasteiger partial charge in [-0.05, 0) is 37.8 Å². The van der Waals surface area contributed by atoms with Crippen molar-refractivity contribution in [3.8, 4) is 0 Å². The Hall–Kier alpha value is -1.63. The average Bonchev–Trinajstić information content (AvgIpc) is 2.27. The number of hydrazine groups is 1. The van der Waals surface area contributed by atoms with Gasteiger partial charge in [0.15, 0.2) is 11.6 Å². The largest absolute Gasteiger partial charge is 0.443 e. The van der Waals surface area contributed by atoms with Gasteiger partial charge in [0.05, 0.1) is 6.20 Å². The molecule has 124 valence electrons. The number of nitrogens with one attached hydrogen (secondary N) is 1. The Morgan fingerprint density at radius 1 is 1.36 bits per heavy atom. The van der Waals surface area contributed by atoms with Crippen molar-refractivity contribution in [2.75, 3.05) is 11.6 Å². The fraction of sp³-hybridized carbons (Fsp3) is 0.643. The number of carbonyl (C=O) groups excluding carboxylic acids is 1. The highest BCUT2D eigenvalue weighted by molar-refractivity contribution is 6.28. The van der Waals surface area contributed by atoms with Crippen molar-refractivity contribution in [1.29, 1.82) is 0 Å². The standard InChI is InChI=1S/C14H22ClFN4O2/c1-13(2,3)8-20(19-12(21)22-14(4,5)6)10-9(16)7-17-11(15)18-10/h7H,8H2,1-6H3,(H,19,21). The third-order valence-corrected chi connectivity index (χ3v) is 2.39. The second kappa shape index (κ2) is 6.64. The summed E-state index contributed by atoms with van der Waals surface area (Å²) in [5.41, 5.74) is 1.59. The van der Waals surface area contributed by atoms with Crippen LogP contribution in [0, 0.1) is 11.2 Å². The molecule has 0 bridgehead atoms. The predicted molar refractivity (Wildman–Crippen MR) is 83.2 cm³/mol.